The van der Waals surface area contributed by atoms with E-state index in [1.165, 1.54) is 0 Å². The number of carbonyl (C=O) groups is 3. The summed E-state index contributed by atoms with van der Waals surface area (Å²) in [6.45, 7) is 5.14. The highest BCUT2D eigenvalue weighted by molar-refractivity contribution is 6.07. The van der Waals surface area contributed by atoms with Crippen LogP contribution in [0.1, 0.15) is 38.7 Å². The second kappa shape index (κ2) is 8.09. The molecule has 3 heterocycles. The molecule has 1 saturated carbocycles. The van der Waals surface area contributed by atoms with Gasteiger partial charge in [-0.3, -0.25) is 19.3 Å². The van der Waals surface area contributed by atoms with Crippen LogP contribution in [0.3, 0.4) is 0 Å². The molecule has 180 valence electrons. The van der Waals surface area contributed by atoms with Gasteiger partial charge in [0.25, 0.3) is 0 Å². The third kappa shape index (κ3) is 3.40. The Morgan fingerprint density at radius 2 is 2.06 bits per heavy atom. The van der Waals surface area contributed by atoms with Gasteiger partial charge in [-0.1, -0.05) is 32.0 Å². The highest BCUT2D eigenvalue weighted by atomic mass is 16.2. The maximum atomic E-state index is 14.0. The number of benzene rings is 1. The van der Waals surface area contributed by atoms with Crippen molar-refractivity contribution < 1.29 is 14.4 Å². The summed E-state index contributed by atoms with van der Waals surface area (Å²) in [4.78, 5) is 45.9. The van der Waals surface area contributed by atoms with Crippen molar-refractivity contribution in [3.63, 3.8) is 0 Å². The lowest BCUT2D eigenvalue weighted by Gasteiger charge is -2.36. The van der Waals surface area contributed by atoms with Crippen LogP contribution in [-0.2, 0) is 19.8 Å². The first-order valence-electron chi connectivity index (χ1n) is 12.3. The summed E-state index contributed by atoms with van der Waals surface area (Å²) in [6.07, 6.45) is 1.85. The van der Waals surface area contributed by atoms with Crippen molar-refractivity contribution >= 4 is 23.4 Å². The van der Waals surface area contributed by atoms with Crippen LogP contribution in [0.5, 0.6) is 0 Å². The number of nitrogens with zero attached hydrogens (tertiary/aromatic N) is 4. The fraction of sp³-hybridized carbons (Fsp3) is 0.615. The standard InChI is InChI=1S/C26H33N5O3/c1-15(2)9-21(30(4)24(33)22-18-10-16(18)13-29(22)3)23(32)31-14-26(11-17(31)12-27)19-7-5-6-8-20(19)28-25(26)34/h5-8,15-18,21-22H,9-11,13-14H2,1-4H3,(H,28,34)/t16-,17+,18-,21+,22+,26+/m1/s1. The number of para-hydroxylation sites is 1. The topological polar surface area (TPSA) is 96.7 Å². The molecule has 3 fully saturated rings. The monoisotopic (exact) mass is 463 g/mol. The maximum Gasteiger partial charge on any atom is 0.246 e. The van der Waals surface area contributed by atoms with Gasteiger partial charge in [0.15, 0.2) is 0 Å². The minimum absolute atomic E-state index is 0.0159. The summed E-state index contributed by atoms with van der Waals surface area (Å²) in [6, 6.07) is 8.20. The minimum Gasteiger partial charge on any atom is -0.332 e. The number of likely N-dealkylation sites (N-methyl/N-ethyl adjacent to an activating group) is 2. The molecule has 1 aliphatic carbocycles. The Hall–Kier alpha value is -2.92. The molecule has 2 saturated heterocycles. The van der Waals surface area contributed by atoms with E-state index in [0.29, 0.717) is 18.3 Å². The van der Waals surface area contributed by atoms with Gasteiger partial charge < -0.3 is 15.1 Å². The van der Waals surface area contributed by atoms with Gasteiger partial charge >= 0.3 is 0 Å². The summed E-state index contributed by atoms with van der Waals surface area (Å²) in [5, 5.41) is 12.9. The number of carbonyl (C=O) groups excluding carboxylic acids is 3. The highest BCUT2D eigenvalue weighted by Gasteiger charge is 2.58. The van der Waals surface area contributed by atoms with E-state index < -0.39 is 17.5 Å². The summed E-state index contributed by atoms with van der Waals surface area (Å²) < 4.78 is 0. The van der Waals surface area contributed by atoms with E-state index >= 15 is 0 Å². The Labute approximate surface area is 200 Å². The second-order valence-electron chi connectivity index (χ2n) is 11.0. The molecule has 0 unspecified atom stereocenters. The zero-order chi connectivity index (χ0) is 24.4. The van der Waals surface area contributed by atoms with Crippen molar-refractivity contribution in [2.75, 3.05) is 32.5 Å². The second-order valence-corrected chi connectivity index (χ2v) is 11.0. The van der Waals surface area contributed by atoms with Crippen molar-refractivity contribution in [2.45, 2.75) is 56.7 Å². The van der Waals surface area contributed by atoms with Crippen LogP contribution in [0.4, 0.5) is 5.69 Å². The number of anilines is 1. The van der Waals surface area contributed by atoms with E-state index in [9.17, 15) is 19.6 Å². The van der Waals surface area contributed by atoms with Crippen LogP contribution in [0.2, 0.25) is 0 Å². The van der Waals surface area contributed by atoms with Gasteiger partial charge in [0, 0.05) is 32.2 Å². The number of hydrogen-bond acceptors (Lipinski definition) is 5. The zero-order valence-corrected chi connectivity index (χ0v) is 20.3. The van der Waals surface area contributed by atoms with E-state index in [1.54, 1.807) is 16.8 Å². The Morgan fingerprint density at radius 1 is 1.32 bits per heavy atom. The van der Waals surface area contributed by atoms with E-state index in [4.69, 9.17) is 0 Å². The van der Waals surface area contributed by atoms with Gasteiger partial charge in [0.1, 0.15) is 12.1 Å². The van der Waals surface area contributed by atoms with E-state index in [2.05, 4.69) is 16.3 Å². The van der Waals surface area contributed by atoms with Crippen LogP contribution in [0.25, 0.3) is 0 Å². The molecule has 6 atom stereocenters. The first-order valence-corrected chi connectivity index (χ1v) is 12.3. The van der Waals surface area contributed by atoms with Gasteiger partial charge in [0.05, 0.1) is 17.5 Å². The lowest BCUT2D eigenvalue weighted by atomic mass is 9.80. The zero-order valence-electron chi connectivity index (χ0n) is 20.3. The van der Waals surface area contributed by atoms with Crippen LogP contribution in [0.15, 0.2) is 24.3 Å². The average molecular weight is 464 g/mol. The fourth-order valence-electron chi connectivity index (χ4n) is 6.46. The third-order valence-electron chi connectivity index (χ3n) is 8.34. The fourth-order valence-corrected chi connectivity index (χ4v) is 6.46. The highest BCUT2D eigenvalue weighted by Crippen LogP contribution is 2.50. The number of amides is 3. The smallest absolute Gasteiger partial charge is 0.246 e. The molecule has 8 heteroatoms. The number of piperidine rings is 1. The molecular formula is C26H33N5O3. The SMILES string of the molecule is CC(C)C[C@@H](C(=O)N1C[C@]2(C[C@H]1C#N)C(=O)Nc1ccccc12)N(C)C(=O)[C@@H]1[C@@H]2C[C@@H]2CN1C. The van der Waals surface area contributed by atoms with Crippen LogP contribution < -0.4 is 5.32 Å². The first kappa shape index (κ1) is 22.9. The van der Waals surface area contributed by atoms with Crippen molar-refractivity contribution in [1.29, 1.82) is 5.26 Å². The summed E-state index contributed by atoms with van der Waals surface area (Å²) in [5.41, 5.74) is 0.658. The van der Waals surface area contributed by atoms with Gasteiger partial charge in [-0.25, -0.2) is 0 Å². The van der Waals surface area contributed by atoms with Crippen LogP contribution in [0, 0.1) is 29.1 Å². The Kier molecular flexibility index (Phi) is 5.44. The summed E-state index contributed by atoms with van der Waals surface area (Å²) >= 11 is 0. The molecule has 3 aliphatic heterocycles. The van der Waals surface area contributed by atoms with Crippen LogP contribution in [-0.4, -0.2) is 77.7 Å². The predicted molar refractivity (Wildman–Crippen MR) is 127 cm³/mol. The number of rotatable bonds is 5. The predicted octanol–water partition coefficient (Wildman–Crippen LogP) is 1.82. The largest absolute Gasteiger partial charge is 0.332 e. The number of hydrogen-bond donors (Lipinski definition) is 1. The molecule has 1 aromatic rings. The van der Waals surface area contributed by atoms with Crippen molar-refractivity contribution in [1.82, 2.24) is 14.7 Å². The first-order chi connectivity index (χ1) is 16.2. The van der Waals surface area contributed by atoms with Gasteiger partial charge in [0.2, 0.25) is 17.7 Å². The molecule has 1 aromatic carbocycles. The Balaban J connectivity index is 1.43. The quantitative estimate of drug-likeness (QED) is 0.719. The molecular weight excluding hydrogens is 430 g/mol. The Morgan fingerprint density at radius 3 is 2.71 bits per heavy atom. The molecule has 8 nitrogen and oxygen atoms in total. The Bertz CT molecular complexity index is 1080. The van der Waals surface area contributed by atoms with Crippen molar-refractivity contribution in [3.05, 3.63) is 29.8 Å². The third-order valence-corrected chi connectivity index (χ3v) is 8.34. The molecule has 5 rings (SSSR count). The molecule has 4 aliphatic rings. The number of fused-ring (bicyclic) bond motifs is 3. The normalized spacial score (nSPS) is 32.4. The lowest BCUT2D eigenvalue weighted by Crippen LogP contribution is -2.55. The van der Waals surface area contributed by atoms with Gasteiger partial charge in [-0.2, -0.15) is 5.26 Å². The molecule has 0 bridgehead atoms. The molecule has 1 spiro atoms. The average Bonchev–Trinajstić information content (AvgIpc) is 3.19. The van der Waals surface area contributed by atoms with E-state index in [-0.39, 0.29) is 42.6 Å². The van der Waals surface area contributed by atoms with E-state index in [0.717, 1.165) is 24.2 Å². The minimum atomic E-state index is -0.926. The number of nitriles is 1. The number of likely N-dealkylation sites (tertiary alicyclic amines) is 2. The van der Waals surface area contributed by atoms with Crippen molar-refractivity contribution in [3.8, 4) is 6.07 Å². The van der Waals surface area contributed by atoms with Crippen LogP contribution >= 0.6 is 0 Å². The van der Waals surface area contributed by atoms with Crippen molar-refractivity contribution in [2.24, 2.45) is 17.8 Å². The summed E-state index contributed by atoms with van der Waals surface area (Å²) in [5.74, 6) is 0.744. The number of nitrogens with one attached hydrogen (secondary N) is 1. The molecule has 0 radical (unpaired) electrons. The summed E-state index contributed by atoms with van der Waals surface area (Å²) in [7, 11) is 3.70. The molecule has 1 N–H and O–H groups in total. The molecule has 0 aromatic heterocycles. The lowest BCUT2D eigenvalue weighted by molar-refractivity contribution is -0.148. The molecule has 34 heavy (non-hydrogen) atoms. The molecule has 3 amide bonds. The van der Waals surface area contributed by atoms with Gasteiger partial charge in [-0.05, 0) is 49.3 Å². The maximum absolute atomic E-state index is 14.0. The van der Waals surface area contributed by atoms with Gasteiger partial charge in [-0.15, -0.1) is 0 Å². The van der Waals surface area contributed by atoms with E-state index in [1.807, 2.05) is 45.2 Å².